The molecule has 0 radical (unpaired) electrons. The number of guanidine groups is 1. The molecule has 6 heteroatoms. The number of rotatable bonds is 6. The van der Waals surface area contributed by atoms with Crippen molar-refractivity contribution in [3.63, 3.8) is 0 Å². The molecule has 0 bridgehead atoms. The van der Waals surface area contributed by atoms with Crippen LogP contribution in [0.25, 0.3) is 0 Å². The number of piperazine rings is 1. The summed E-state index contributed by atoms with van der Waals surface area (Å²) in [6.07, 6.45) is 10.2. The molecule has 1 aromatic carbocycles. The summed E-state index contributed by atoms with van der Waals surface area (Å²) < 4.78 is 0. The summed E-state index contributed by atoms with van der Waals surface area (Å²) in [5, 5.41) is 3.55. The highest BCUT2D eigenvalue weighted by Gasteiger charge is 2.18. The lowest BCUT2D eigenvalue weighted by molar-refractivity contribution is 0.313. The Morgan fingerprint density at radius 3 is 2.57 bits per heavy atom. The lowest BCUT2D eigenvalue weighted by atomic mass is 10.1. The van der Waals surface area contributed by atoms with Crippen LogP contribution in [0.3, 0.4) is 0 Å². The number of aromatic nitrogens is 1. The number of hydrogen-bond donors (Lipinski definition) is 1. The predicted molar refractivity (Wildman–Crippen MR) is 125 cm³/mol. The Kier molecular flexibility index (Phi) is 6.64. The fourth-order valence-electron chi connectivity index (χ4n) is 3.87. The Hall–Kier alpha value is -2.86. The summed E-state index contributed by atoms with van der Waals surface area (Å²) in [5.41, 5.74) is 3.51. The fraction of sp³-hybridized carbons (Fsp3) is 0.417. The zero-order chi connectivity index (χ0) is 20.8. The summed E-state index contributed by atoms with van der Waals surface area (Å²) in [5.74, 6) is 0.896. The first-order valence-corrected chi connectivity index (χ1v) is 10.9. The van der Waals surface area contributed by atoms with E-state index in [9.17, 15) is 0 Å². The Balaban J connectivity index is 1.46. The van der Waals surface area contributed by atoms with Crippen LogP contribution in [0.2, 0.25) is 0 Å². The molecule has 3 heterocycles. The zero-order valence-electron chi connectivity index (χ0n) is 18.0. The standard InChI is InChI=1S/C24H32N6/c1-3-5-21-11-13-30(19-20-6-4-12-25-18-20)24(26-21)27-22-7-9-23(10-8-22)29-16-14-28(2)15-17-29/h4,6-13,18,21H,3,5,14-17,19H2,1-2H3,(H,26,27). The smallest absolute Gasteiger partial charge is 0.203 e. The van der Waals surface area contributed by atoms with Crippen molar-refractivity contribution in [2.75, 3.05) is 43.4 Å². The second-order valence-corrected chi connectivity index (χ2v) is 8.10. The summed E-state index contributed by atoms with van der Waals surface area (Å²) in [7, 11) is 2.19. The normalized spacial score (nSPS) is 19.7. The minimum atomic E-state index is 0.229. The number of aliphatic imine (C=N–C) groups is 1. The maximum absolute atomic E-state index is 4.97. The van der Waals surface area contributed by atoms with E-state index in [4.69, 9.17) is 4.99 Å². The molecule has 158 valence electrons. The molecule has 1 fully saturated rings. The lowest BCUT2D eigenvalue weighted by Gasteiger charge is -2.34. The highest BCUT2D eigenvalue weighted by molar-refractivity contribution is 5.95. The number of anilines is 2. The van der Waals surface area contributed by atoms with Gasteiger partial charge in [0.25, 0.3) is 0 Å². The molecule has 1 saturated heterocycles. The molecule has 4 rings (SSSR count). The Morgan fingerprint density at radius 1 is 1.07 bits per heavy atom. The first-order chi connectivity index (χ1) is 14.7. The second kappa shape index (κ2) is 9.76. The molecule has 1 unspecified atom stereocenters. The van der Waals surface area contributed by atoms with Crippen molar-refractivity contribution in [1.82, 2.24) is 14.8 Å². The van der Waals surface area contributed by atoms with Gasteiger partial charge in [-0.15, -0.1) is 0 Å². The average molecular weight is 405 g/mol. The highest BCUT2D eigenvalue weighted by atomic mass is 15.3. The van der Waals surface area contributed by atoms with Crippen LogP contribution >= 0.6 is 0 Å². The lowest BCUT2D eigenvalue weighted by Crippen LogP contribution is -2.44. The van der Waals surface area contributed by atoms with Crippen molar-refractivity contribution in [1.29, 1.82) is 0 Å². The predicted octanol–water partition coefficient (Wildman–Crippen LogP) is 3.80. The summed E-state index contributed by atoms with van der Waals surface area (Å²) in [6.45, 7) is 7.34. The number of nitrogens with one attached hydrogen (secondary N) is 1. The highest BCUT2D eigenvalue weighted by Crippen LogP contribution is 2.21. The summed E-state index contributed by atoms with van der Waals surface area (Å²) in [4.78, 5) is 16.2. The van der Waals surface area contributed by atoms with E-state index >= 15 is 0 Å². The quantitative estimate of drug-likeness (QED) is 0.794. The molecule has 0 saturated carbocycles. The molecule has 0 aliphatic carbocycles. The fourth-order valence-corrected chi connectivity index (χ4v) is 3.87. The molecular weight excluding hydrogens is 372 g/mol. The van der Waals surface area contributed by atoms with Gasteiger partial charge in [0.2, 0.25) is 5.96 Å². The van der Waals surface area contributed by atoms with Gasteiger partial charge in [0.1, 0.15) is 0 Å². The zero-order valence-corrected chi connectivity index (χ0v) is 18.0. The number of hydrogen-bond acceptors (Lipinski definition) is 6. The van der Waals surface area contributed by atoms with Crippen LogP contribution in [0.15, 0.2) is 66.1 Å². The van der Waals surface area contributed by atoms with Crippen LogP contribution in [-0.2, 0) is 6.54 Å². The van der Waals surface area contributed by atoms with Gasteiger partial charge in [-0.25, -0.2) is 4.99 Å². The minimum Gasteiger partial charge on any atom is -0.369 e. The number of likely N-dealkylation sites (N-methyl/N-ethyl adjacent to an activating group) is 1. The van der Waals surface area contributed by atoms with Gasteiger partial charge in [-0.05, 0) is 55.4 Å². The first-order valence-electron chi connectivity index (χ1n) is 10.9. The summed E-state index contributed by atoms with van der Waals surface area (Å²) >= 11 is 0. The Morgan fingerprint density at radius 2 is 1.87 bits per heavy atom. The van der Waals surface area contributed by atoms with E-state index in [0.717, 1.165) is 62.8 Å². The maximum atomic E-state index is 4.97. The average Bonchev–Trinajstić information content (AvgIpc) is 2.78. The van der Waals surface area contributed by atoms with Crippen molar-refractivity contribution in [2.45, 2.75) is 32.4 Å². The van der Waals surface area contributed by atoms with Crippen molar-refractivity contribution < 1.29 is 0 Å². The van der Waals surface area contributed by atoms with E-state index in [0.29, 0.717) is 0 Å². The Bertz CT molecular complexity index is 853. The van der Waals surface area contributed by atoms with Crippen LogP contribution in [0.1, 0.15) is 25.3 Å². The number of pyridine rings is 1. The monoisotopic (exact) mass is 404 g/mol. The van der Waals surface area contributed by atoms with Gasteiger partial charge >= 0.3 is 0 Å². The third kappa shape index (κ3) is 5.19. The van der Waals surface area contributed by atoms with Gasteiger partial charge in [0.15, 0.2) is 0 Å². The van der Waals surface area contributed by atoms with Crippen LogP contribution in [0.4, 0.5) is 11.4 Å². The second-order valence-electron chi connectivity index (χ2n) is 8.10. The van der Waals surface area contributed by atoms with E-state index in [1.54, 1.807) is 0 Å². The van der Waals surface area contributed by atoms with E-state index in [2.05, 4.69) is 81.6 Å². The molecule has 1 N–H and O–H groups in total. The van der Waals surface area contributed by atoms with Crippen molar-refractivity contribution in [3.05, 3.63) is 66.6 Å². The van der Waals surface area contributed by atoms with Crippen LogP contribution in [0, 0.1) is 0 Å². The van der Waals surface area contributed by atoms with E-state index in [1.807, 2.05) is 18.5 Å². The van der Waals surface area contributed by atoms with E-state index in [-0.39, 0.29) is 6.04 Å². The maximum Gasteiger partial charge on any atom is 0.203 e. The van der Waals surface area contributed by atoms with Crippen LogP contribution in [0.5, 0.6) is 0 Å². The van der Waals surface area contributed by atoms with Gasteiger partial charge in [-0.2, -0.15) is 0 Å². The molecule has 1 aromatic heterocycles. The topological polar surface area (TPSA) is 47.0 Å². The number of benzene rings is 1. The Labute approximate surface area is 179 Å². The first kappa shape index (κ1) is 20.4. The number of nitrogens with zero attached hydrogens (tertiary/aromatic N) is 5. The SMILES string of the molecule is CCCC1C=CN(Cc2cccnc2)C(Nc2ccc(N3CCN(C)CC3)cc2)=N1. The van der Waals surface area contributed by atoms with Crippen molar-refractivity contribution in [2.24, 2.45) is 4.99 Å². The van der Waals surface area contributed by atoms with Gasteiger partial charge in [-0.1, -0.05) is 19.4 Å². The molecule has 2 aromatic rings. The third-order valence-corrected chi connectivity index (χ3v) is 5.70. The molecule has 6 nitrogen and oxygen atoms in total. The molecule has 30 heavy (non-hydrogen) atoms. The molecule has 0 amide bonds. The van der Waals surface area contributed by atoms with Gasteiger partial charge in [-0.3, -0.25) is 4.98 Å². The largest absolute Gasteiger partial charge is 0.369 e. The van der Waals surface area contributed by atoms with E-state index < -0.39 is 0 Å². The molecule has 2 aliphatic rings. The molecule has 0 spiro atoms. The van der Waals surface area contributed by atoms with Crippen molar-refractivity contribution in [3.8, 4) is 0 Å². The van der Waals surface area contributed by atoms with E-state index in [1.165, 1.54) is 5.69 Å². The van der Waals surface area contributed by atoms with Crippen molar-refractivity contribution >= 4 is 17.3 Å². The van der Waals surface area contributed by atoms with Crippen LogP contribution < -0.4 is 10.2 Å². The third-order valence-electron chi connectivity index (χ3n) is 5.70. The molecule has 1 atom stereocenters. The summed E-state index contributed by atoms with van der Waals surface area (Å²) in [6, 6.07) is 13.0. The molecular formula is C24H32N6. The molecule has 2 aliphatic heterocycles. The van der Waals surface area contributed by atoms with Gasteiger partial charge in [0, 0.05) is 56.1 Å². The minimum absolute atomic E-state index is 0.229. The van der Waals surface area contributed by atoms with Gasteiger partial charge < -0.3 is 20.0 Å². The van der Waals surface area contributed by atoms with Crippen LogP contribution in [-0.4, -0.2) is 60.0 Å². The van der Waals surface area contributed by atoms with Gasteiger partial charge in [0.05, 0.1) is 12.6 Å².